The van der Waals surface area contributed by atoms with E-state index in [1.807, 2.05) is 40.7 Å². The number of aryl methyl sites for hydroxylation is 1. The summed E-state index contributed by atoms with van der Waals surface area (Å²) in [6, 6.07) is 7.58. The molecule has 0 saturated carbocycles. The van der Waals surface area contributed by atoms with Crippen LogP contribution in [-0.4, -0.2) is 50.4 Å². The molecule has 0 bridgehead atoms. The Morgan fingerprint density at radius 2 is 1.88 bits per heavy atom. The molecule has 6 nitrogen and oxygen atoms in total. The first kappa shape index (κ1) is 17.6. The van der Waals surface area contributed by atoms with Gasteiger partial charge in [0.15, 0.2) is 5.82 Å². The number of piperidine rings is 1. The van der Waals surface area contributed by atoms with Gasteiger partial charge in [-0.15, -0.1) is 10.2 Å². The maximum absolute atomic E-state index is 12.7. The molecule has 0 atom stereocenters. The maximum atomic E-state index is 12.7. The van der Waals surface area contributed by atoms with Crippen LogP contribution in [0, 0.1) is 5.41 Å². The van der Waals surface area contributed by atoms with Crippen molar-refractivity contribution in [3.05, 3.63) is 36.2 Å². The standard InChI is InChI=1S/C19H26N4O2/c1-3-19(13-24)9-11-23(12-10-19)18(25)16-7-5-15(6-8-16)17-21-20-14-22(17)4-2/h5-8,14,24H,3-4,9-13H2,1-2H3. The summed E-state index contributed by atoms with van der Waals surface area (Å²) >= 11 is 0. The van der Waals surface area contributed by atoms with Crippen molar-refractivity contribution in [2.24, 2.45) is 5.41 Å². The molecule has 25 heavy (non-hydrogen) atoms. The number of aliphatic hydroxyl groups is 1. The Balaban J connectivity index is 1.70. The van der Waals surface area contributed by atoms with Gasteiger partial charge >= 0.3 is 0 Å². The van der Waals surface area contributed by atoms with E-state index in [1.54, 1.807) is 6.33 Å². The monoisotopic (exact) mass is 342 g/mol. The van der Waals surface area contributed by atoms with Gasteiger partial charge in [-0.05, 0) is 43.7 Å². The van der Waals surface area contributed by atoms with Crippen LogP contribution < -0.4 is 0 Å². The minimum atomic E-state index is -0.00906. The summed E-state index contributed by atoms with van der Waals surface area (Å²) in [6.07, 6.45) is 4.40. The lowest BCUT2D eigenvalue weighted by Gasteiger charge is -2.40. The van der Waals surface area contributed by atoms with E-state index in [2.05, 4.69) is 17.1 Å². The lowest BCUT2D eigenvalue weighted by Crippen LogP contribution is -2.44. The van der Waals surface area contributed by atoms with Gasteiger partial charge in [0.2, 0.25) is 0 Å². The van der Waals surface area contributed by atoms with Gasteiger partial charge in [-0.25, -0.2) is 0 Å². The number of aromatic nitrogens is 3. The fourth-order valence-electron chi connectivity index (χ4n) is 3.46. The van der Waals surface area contributed by atoms with Crippen molar-refractivity contribution < 1.29 is 9.90 Å². The van der Waals surface area contributed by atoms with E-state index in [9.17, 15) is 9.90 Å². The third-order valence-electron chi connectivity index (χ3n) is 5.54. The zero-order valence-electron chi connectivity index (χ0n) is 15.0. The average molecular weight is 342 g/mol. The molecule has 134 valence electrons. The van der Waals surface area contributed by atoms with Crippen LogP contribution in [0.25, 0.3) is 11.4 Å². The highest BCUT2D eigenvalue weighted by atomic mass is 16.3. The largest absolute Gasteiger partial charge is 0.396 e. The Kier molecular flexibility index (Phi) is 5.18. The zero-order valence-corrected chi connectivity index (χ0v) is 15.0. The van der Waals surface area contributed by atoms with E-state index in [-0.39, 0.29) is 17.9 Å². The summed E-state index contributed by atoms with van der Waals surface area (Å²) in [6.45, 7) is 6.59. The lowest BCUT2D eigenvalue weighted by molar-refractivity contribution is 0.0338. The van der Waals surface area contributed by atoms with E-state index < -0.39 is 0 Å². The highest BCUT2D eigenvalue weighted by Crippen LogP contribution is 2.34. The normalized spacial score (nSPS) is 16.8. The second-order valence-corrected chi connectivity index (χ2v) is 6.82. The van der Waals surface area contributed by atoms with E-state index in [4.69, 9.17) is 0 Å². The van der Waals surface area contributed by atoms with Gasteiger partial charge in [0.1, 0.15) is 6.33 Å². The summed E-state index contributed by atoms with van der Waals surface area (Å²) in [4.78, 5) is 14.6. The summed E-state index contributed by atoms with van der Waals surface area (Å²) in [5, 5.41) is 17.7. The molecular formula is C19H26N4O2. The molecule has 0 spiro atoms. The topological polar surface area (TPSA) is 71.2 Å². The summed E-state index contributed by atoms with van der Waals surface area (Å²) < 4.78 is 1.97. The number of aliphatic hydroxyl groups excluding tert-OH is 1. The van der Waals surface area contributed by atoms with E-state index in [0.717, 1.165) is 37.2 Å². The Labute approximate surface area is 148 Å². The number of hydrogen-bond acceptors (Lipinski definition) is 4. The zero-order chi connectivity index (χ0) is 17.9. The van der Waals surface area contributed by atoms with Crippen LogP contribution in [0.2, 0.25) is 0 Å². The molecule has 0 radical (unpaired) electrons. The Bertz CT molecular complexity index is 709. The van der Waals surface area contributed by atoms with Crippen molar-refractivity contribution in [1.82, 2.24) is 19.7 Å². The van der Waals surface area contributed by atoms with Gasteiger partial charge in [0.25, 0.3) is 5.91 Å². The molecule has 1 aromatic heterocycles. The van der Waals surface area contributed by atoms with Crippen molar-refractivity contribution in [3.63, 3.8) is 0 Å². The Hall–Kier alpha value is -2.21. The van der Waals surface area contributed by atoms with Crippen LogP contribution in [0.15, 0.2) is 30.6 Å². The summed E-state index contributed by atoms with van der Waals surface area (Å²) in [5.41, 5.74) is 1.64. The first-order valence-electron chi connectivity index (χ1n) is 9.01. The van der Waals surface area contributed by atoms with Gasteiger partial charge in [0, 0.05) is 37.4 Å². The fourth-order valence-corrected chi connectivity index (χ4v) is 3.46. The second kappa shape index (κ2) is 7.35. The predicted octanol–water partition coefficient (Wildman–Crippen LogP) is 2.59. The Morgan fingerprint density at radius 3 is 2.44 bits per heavy atom. The van der Waals surface area contributed by atoms with Gasteiger partial charge in [-0.1, -0.05) is 19.1 Å². The molecule has 2 heterocycles. The molecule has 1 aliphatic rings. The molecule has 1 amide bonds. The number of nitrogens with zero attached hydrogens (tertiary/aromatic N) is 4. The molecule has 0 unspecified atom stereocenters. The van der Waals surface area contributed by atoms with Crippen molar-refractivity contribution in [3.8, 4) is 11.4 Å². The van der Waals surface area contributed by atoms with Gasteiger partial charge in [-0.2, -0.15) is 0 Å². The molecule has 1 saturated heterocycles. The minimum Gasteiger partial charge on any atom is -0.396 e. The Morgan fingerprint density at radius 1 is 1.20 bits per heavy atom. The fraction of sp³-hybridized carbons (Fsp3) is 0.526. The van der Waals surface area contributed by atoms with E-state index in [0.29, 0.717) is 18.7 Å². The van der Waals surface area contributed by atoms with Crippen LogP contribution in [0.4, 0.5) is 0 Å². The van der Waals surface area contributed by atoms with Gasteiger partial charge in [-0.3, -0.25) is 4.79 Å². The van der Waals surface area contributed by atoms with Crippen molar-refractivity contribution in [2.45, 2.75) is 39.7 Å². The van der Waals surface area contributed by atoms with Crippen molar-refractivity contribution >= 4 is 5.91 Å². The average Bonchev–Trinajstić information content (AvgIpc) is 3.16. The highest BCUT2D eigenvalue weighted by Gasteiger charge is 2.34. The first-order chi connectivity index (χ1) is 12.1. The van der Waals surface area contributed by atoms with Crippen LogP contribution in [0.3, 0.4) is 0 Å². The van der Waals surface area contributed by atoms with Crippen LogP contribution in [0.5, 0.6) is 0 Å². The lowest BCUT2D eigenvalue weighted by atomic mass is 9.77. The molecule has 2 aromatic rings. The molecule has 0 aliphatic carbocycles. The molecule has 1 aliphatic heterocycles. The molecule has 6 heteroatoms. The molecular weight excluding hydrogens is 316 g/mol. The number of amides is 1. The number of hydrogen-bond donors (Lipinski definition) is 1. The molecule has 1 fully saturated rings. The maximum Gasteiger partial charge on any atom is 0.253 e. The number of carbonyl (C=O) groups excluding carboxylic acids is 1. The minimum absolute atomic E-state index is 0.00906. The van der Waals surface area contributed by atoms with Crippen LogP contribution in [0.1, 0.15) is 43.5 Å². The van der Waals surface area contributed by atoms with Crippen LogP contribution in [-0.2, 0) is 6.54 Å². The van der Waals surface area contributed by atoms with Crippen molar-refractivity contribution in [2.75, 3.05) is 19.7 Å². The quantitative estimate of drug-likeness (QED) is 0.906. The SMILES string of the molecule is CCn1cnnc1-c1ccc(C(=O)N2CCC(CC)(CO)CC2)cc1. The van der Waals surface area contributed by atoms with Gasteiger partial charge in [0.05, 0.1) is 0 Å². The third-order valence-corrected chi connectivity index (χ3v) is 5.54. The molecule has 1 N–H and O–H groups in total. The van der Waals surface area contributed by atoms with Crippen molar-refractivity contribution in [1.29, 1.82) is 0 Å². The summed E-state index contributed by atoms with van der Waals surface area (Å²) in [7, 11) is 0. The van der Waals surface area contributed by atoms with Crippen LogP contribution >= 0.6 is 0 Å². The highest BCUT2D eigenvalue weighted by molar-refractivity contribution is 5.94. The van der Waals surface area contributed by atoms with E-state index in [1.165, 1.54) is 0 Å². The summed E-state index contributed by atoms with van der Waals surface area (Å²) in [5.74, 6) is 0.876. The van der Waals surface area contributed by atoms with E-state index >= 15 is 0 Å². The van der Waals surface area contributed by atoms with Gasteiger partial charge < -0.3 is 14.6 Å². The number of rotatable bonds is 5. The first-order valence-corrected chi connectivity index (χ1v) is 9.01. The smallest absolute Gasteiger partial charge is 0.253 e. The third kappa shape index (κ3) is 3.44. The molecule has 1 aromatic carbocycles. The number of benzene rings is 1. The predicted molar refractivity (Wildman–Crippen MR) is 96.1 cm³/mol. The molecule has 3 rings (SSSR count). The number of likely N-dealkylation sites (tertiary alicyclic amines) is 1. The second-order valence-electron chi connectivity index (χ2n) is 6.82. The number of carbonyl (C=O) groups is 1.